The highest BCUT2D eigenvalue weighted by Crippen LogP contribution is 2.01. The number of hydrogen-bond acceptors (Lipinski definition) is 2. The molecule has 5 heteroatoms. The average Bonchev–Trinajstić information content (AvgIpc) is 2.27. The van der Waals surface area contributed by atoms with Crippen molar-refractivity contribution in [3.63, 3.8) is 0 Å². The first-order valence-corrected chi connectivity index (χ1v) is 5.36. The lowest BCUT2D eigenvalue weighted by Gasteiger charge is -2.27. The molecule has 0 atom stereocenters. The average molecular weight is 238 g/mol. The van der Waals surface area contributed by atoms with Gasteiger partial charge in [0.15, 0.2) is 0 Å². The van der Waals surface area contributed by atoms with Crippen LogP contribution in [0.4, 0.5) is 4.79 Å². The van der Waals surface area contributed by atoms with Crippen molar-refractivity contribution in [2.75, 3.05) is 26.2 Å². The summed E-state index contributed by atoms with van der Waals surface area (Å²) in [5.41, 5.74) is 0. The summed E-state index contributed by atoms with van der Waals surface area (Å²) in [6, 6.07) is -0.368. The molecular formula is C12H18N2O3. The second-order valence-electron chi connectivity index (χ2n) is 3.47. The van der Waals surface area contributed by atoms with E-state index in [1.165, 1.54) is 15.9 Å². The van der Waals surface area contributed by atoms with Crippen molar-refractivity contribution < 1.29 is 14.7 Å². The van der Waals surface area contributed by atoms with Crippen LogP contribution in [0.25, 0.3) is 0 Å². The van der Waals surface area contributed by atoms with Gasteiger partial charge in [-0.2, -0.15) is 0 Å². The Bertz CT molecular complexity index is 320. The Kier molecular flexibility index (Phi) is 7.27. The van der Waals surface area contributed by atoms with Gasteiger partial charge >= 0.3 is 12.0 Å². The predicted octanol–water partition coefficient (Wildman–Crippen LogP) is 1.02. The number of carbonyl (C=O) groups excluding carboxylic acids is 1. The summed E-state index contributed by atoms with van der Waals surface area (Å²) in [5, 5.41) is 8.71. The minimum absolute atomic E-state index is 0.180. The van der Waals surface area contributed by atoms with Crippen LogP contribution in [-0.2, 0) is 4.79 Å². The molecule has 0 saturated carbocycles. The Morgan fingerprint density at radius 3 is 2.53 bits per heavy atom. The van der Waals surface area contributed by atoms with E-state index < -0.39 is 5.97 Å². The van der Waals surface area contributed by atoms with Crippen LogP contribution in [0.2, 0.25) is 0 Å². The molecule has 0 spiro atoms. The van der Waals surface area contributed by atoms with Crippen molar-refractivity contribution >= 4 is 12.0 Å². The number of hydrogen-bond donors (Lipinski definition) is 1. The molecule has 17 heavy (non-hydrogen) atoms. The number of rotatable bonds is 7. The predicted molar refractivity (Wildman–Crippen MR) is 65.5 cm³/mol. The molecule has 0 heterocycles. The Morgan fingerprint density at radius 1 is 1.47 bits per heavy atom. The second kappa shape index (κ2) is 8.22. The summed E-state index contributed by atoms with van der Waals surface area (Å²) in [5.74, 6) is 1.33. The van der Waals surface area contributed by atoms with Gasteiger partial charge in [-0.1, -0.05) is 18.9 Å². The normalized spacial score (nSPS) is 9.18. The van der Waals surface area contributed by atoms with Gasteiger partial charge in [0.2, 0.25) is 0 Å². The zero-order valence-electron chi connectivity index (χ0n) is 10.1. The standard InChI is InChI=1S/C12H18N2O3/c1-4-7-13(8-5-2)12(17)14(9-6-3)10-11(15)16/h1,6H,3,5,7-10H2,2H3,(H,15,16). The van der Waals surface area contributed by atoms with Crippen molar-refractivity contribution in [3.05, 3.63) is 12.7 Å². The molecule has 0 aromatic carbocycles. The highest BCUT2D eigenvalue weighted by atomic mass is 16.4. The Labute approximate surface area is 102 Å². The molecule has 5 nitrogen and oxygen atoms in total. The lowest BCUT2D eigenvalue weighted by molar-refractivity contribution is -0.137. The van der Waals surface area contributed by atoms with E-state index in [0.717, 1.165) is 6.42 Å². The third-order valence-corrected chi connectivity index (χ3v) is 1.99. The first-order valence-electron chi connectivity index (χ1n) is 5.36. The molecule has 0 aliphatic rings. The van der Waals surface area contributed by atoms with Crippen molar-refractivity contribution in [1.82, 2.24) is 9.80 Å². The molecule has 2 amide bonds. The smallest absolute Gasteiger partial charge is 0.323 e. The summed E-state index contributed by atoms with van der Waals surface area (Å²) in [4.78, 5) is 25.3. The highest BCUT2D eigenvalue weighted by Gasteiger charge is 2.20. The molecule has 0 bridgehead atoms. The van der Waals surface area contributed by atoms with Crippen LogP contribution < -0.4 is 0 Å². The largest absolute Gasteiger partial charge is 0.480 e. The molecule has 94 valence electrons. The number of carboxylic acids is 1. The molecule has 0 aliphatic heterocycles. The van der Waals surface area contributed by atoms with Crippen LogP contribution in [0.3, 0.4) is 0 Å². The summed E-state index contributed by atoms with van der Waals surface area (Å²) in [6.07, 6.45) is 7.43. The van der Waals surface area contributed by atoms with Crippen LogP contribution in [0, 0.1) is 12.3 Å². The van der Waals surface area contributed by atoms with Crippen LogP contribution >= 0.6 is 0 Å². The van der Waals surface area contributed by atoms with Gasteiger partial charge in [0.1, 0.15) is 6.54 Å². The fraction of sp³-hybridized carbons (Fsp3) is 0.500. The third kappa shape index (κ3) is 5.61. The molecule has 0 saturated heterocycles. The van der Waals surface area contributed by atoms with E-state index in [1.54, 1.807) is 0 Å². The van der Waals surface area contributed by atoms with Crippen LogP contribution in [0.5, 0.6) is 0 Å². The topological polar surface area (TPSA) is 60.9 Å². The molecule has 0 fully saturated rings. The molecule has 0 unspecified atom stereocenters. The fourth-order valence-electron chi connectivity index (χ4n) is 1.35. The third-order valence-electron chi connectivity index (χ3n) is 1.99. The first kappa shape index (κ1) is 15.0. The number of carboxylic acid groups (broad SMARTS) is 1. The van der Waals surface area contributed by atoms with E-state index in [-0.39, 0.29) is 25.7 Å². The summed E-state index contributed by atoms with van der Waals surface area (Å²) in [6.45, 7) is 5.95. The minimum atomic E-state index is -1.06. The van der Waals surface area contributed by atoms with E-state index in [9.17, 15) is 9.59 Å². The van der Waals surface area contributed by atoms with Gasteiger partial charge in [-0.3, -0.25) is 4.79 Å². The first-order chi connectivity index (χ1) is 8.06. The lowest BCUT2D eigenvalue weighted by atomic mass is 10.4. The molecule has 0 aliphatic carbocycles. The maximum absolute atomic E-state index is 12.0. The van der Waals surface area contributed by atoms with Gasteiger partial charge < -0.3 is 14.9 Å². The molecule has 0 radical (unpaired) electrons. The Balaban J connectivity index is 4.69. The van der Waals surface area contributed by atoms with Crippen molar-refractivity contribution in [2.45, 2.75) is 13.3 Å². The van der Waals surface area contributed by atoms with E-state index in [4.69, 9.17) is 11.5 Å². The van der Waals surface area contributed by atoms with E-state index in [1.807, 2.05) is 6.92 Å². The second-order valence-corrected chi connectivity index (χ2v) is 3.47. The van der Waals surface area contributed by atoms with Gasteiger partial charge in [-0.25, -0.2) is 4.79 Å². The summed E-state index contributed by atoms with van der Waals surface area (Å²) in [7, 11) is 0. The fourth-order valence-corrected chi connectivity index (χ4v) is 1.35. The highest BCUT2D eigenvalue weighted by molar-refractivity contribution is 5.80. The molecule has 0 rings (SSSR count). The Morgan fingerprint density at radius 2 is 2.12 bits per heavy atom. The quantitative estimate of drug-likeness (QED) is 0.532. The van der Waals surface area contributed by atoms with Crippen molar-refractivity contribution in [1.29, 1.82) is 0 Å². The maximum Gasteiger partial charge on any atom is 0.323 e. The van der Waals surface area contributed by atoms with Gasteiger partial charge in [-0.15, -0.1) is 13.0 Å². The SMILES string of the molecule is C#CCN(CCC)C(=O)N(CC=C)CC(=O)O. The number of carbonyl (C=O) groups is 2. The molecule has 0 aromatic heterocycles. The molecular weight excluding hydrogens is 220 g/mol. The van der Waals surface area contributed by atoms with Crippen LogP contribution in [0.1, 0.15) is 13.3 Å². The van der Waals surface area contributed by atoms with Gasteiger partial charge in [0, 0.05) is 13.1 Å². The summed E-state index contributed by atoms with van der Waals surface area (Å²) < 4.78 is 0. The lowest BCUT2D eigenvalue weighted by Crippen LogP contribution is -2.45. The van der Waals surface area contributed by atoms with Gasteiger partial charge in [0.05, 0.1) is 6.54 Å². The van der Waals surface area contributed by atoms with Crippen LogP contribution in [-0.4, -0.2) is 53.1 Å². The van der Waals surface area contributed by atoms with E-state index >= 15 is 0 Å². The maximum atomic E-state index is 12.0. The van der Waals surface area contributed by atoms with Gasteiger partial charge in [0.25, 0.3) is 0 Å². The number of amides is 2. The monoisotopic (exact) mass is 238 g/mol. The number of nitrogens with zero attached hydrogens (tertiary/aromatic N) is 2. The van der Waals surface area contributed by atoms with Crippen molar-refractivity contribution in [3.8, 4) is 12.3 Å². The number of aliphatic carboxylic acids is 1. The van der Waals surface area contributed by atoms with E-state index in [2.05, 4.69) is 12.5 Å². The molecule has 0 aromatic rings. The number of terminal acetylenes is 1. The van der Waals surface area contributed by atoms with E-state index in [0.29, 0.717) is 6.54 Å². The summed E-state index contributed by atoms with van der Waals surface area (Å²) >= 11 is 0. The van der Waals surface area contributed by atoms with Gasteiger partial charge in [-0.05, 0) is 6.42 Å². The zero-order chi connectivity index (χ0) is 13.3. The van der Waals surface area contributed by atoms with Crippen molar-refractivity contribution in [2.24, 2.45) is 0 Å². The van der Waals surface area contributed by atoms with Crippen LogP contribution in [0.15, 0.2) is 12.7 Å². The number of urea groups is 1. The Hall–Kier alpha value is -1.96. The zero-order valence-corrected chi connectivity index (χ0v) is 10.1. The minimum Gasteiger partial charge on any atom is -0.480 e. The molecule has 1 N–H and O–H groups in total.